The first kappa shape index (κ1) is 37.6. The molecule has 0 aliphatic heterocycles. The van der Waals surface area contributed by atoms with Gasteiger partial charge in [-0.15, -0.1) is 0 Å². The lowest BCUT2D eigenvalue weighted by atomic mass is 9.81. The number of rotatable bonds is 7. The summed E-state index contributed by atoms with van der Waals surface area (Å²) in [6.07, 6.45) is 0. The Morgan fingerprint density at radius 1 is 0.344 bits per heavy atom. The van der Waals surface area contributed by atoms with Gasteiger partial charge in [-0.2, -0.15) is 0 Å². The molecule has 0 radical (unpaired) electrons. The predicted octanol–water partition coefficient (Wildman–Crippen LogP) is 16.4. The van der Waals surface area contributed by atoms with E-state index < -0.39 is 0 Å². The van der Waals surface area contributed by atoms with Gasteiger partial charge in [0.25, 0.3) is 0 Å². The molecular formula is C61H42N2O. The molecule has 0 saturated carbocycles. The Morgan fingerprint density at radius 2 is 0.859 bits per heavy atom. The van der Waals surface area contributed by atoms with E-state index in [0.29, 0.717) is 5.82 Å². The molecule has 0 bridgehead atoms. The van der Waals surface area contributed by atoms with Gasteiger partial charge in [0, 0.05) is 38.4 Å². The Hall–Kier alpha value is -8.14. The second-order valence-electron chi connectivity index (χ2n) is 17.3. The lowest BCUT2D eigenvalue weighted by Crippen LogP contribution is -2.14. The van der Waals surface area contributed by atoms with E-state index >= 15 is 0 Å². The van der Waals surface area contributed by atoms with Crippen molar-refractivity contribution in [3.05, 3.63) is 230 Å². The molecule has 0 N–H and O–H groups in total. The molecule has 11 aromatic rings. The van der Waals surface area contributed by atoms with Crippen molar-refractivity contribution in [2.24, 2.45) is 0 Å². The molecule has 0 unspecified atom stereocenters. The summed E-state index contributed by atoms with van der Waals surface area (Å²) >= 11 is 0. The highest BCUT2D eigenvalue weighted by molar-refractivity contribution is 6.10. The summed E-state index contributed by atoms with van der Waals surface area (Å²) in [5.74, 6) is 0.670. The van der Waals surface area contributed by atoms with Crippen LogP contribution in [0.15, 0.2) is 223 Å². The molecule has 64 heavy (non-hydrogen) atoms. The minimum Gasteiger partial charge on any atom is -0.455 e. The number of furan rings is 1. The van der Waals surface area contributed by atoms with Gasteiger partial charge >= 0.3 is 0 Å². The number of benzene rings is 9. The van der Waals surface area contributed by atoms with Crippen LogP contribution in [0.1, 0.15) is 25.0 Å². The molecule has 3 heteroatoms. The molecule has 2 heterocycles. The Kier molecular flexibility index (Phi) is 8.84. The minimum atomic E-state index is -0.117. The number of aromatic nitrogens is 2. The van der Waals surface area contributed by atoms with Crippen molar-refractivity contribution >= 4 is 21.9 Å². The first-order valence-electron chi connectivity index (χ1n) is 22.0. The molecule has 9 aromatic carbocycles. The standard InChI is InChI=1S/C61H42N2O/c1-61(2)53-32-15-13-28-52(53)58-50(30-18-33-54(58)61)47-25-11-12-26-48(47)56-38-55(62-60(63-56)40-21-7-4-8-22-40)43-36-41(45-24-10-9-23-44(45)39-19-5-3-6-20-39)35-42(37-43)46-29-17-31-51-49-27-14-16-34-57(49)64-59(46)51/h3-38H,1-2H3. The van der Waals surface area contributed by atoms with Crippen LogP contribution in [0.5, 0.6) is 0 Å². The topological polar surface area (TPSA) is 38.9 Å². The SMILES string of the molecule is CC1(C)c2ccccc2-c2c(-c3ccccc3-c3cc(-c4cc(-c5ccccc5-c5ccccc5)cc(-c5cccc6c5oc5ccccc56)c4)nc(-c4ccccc4)n3)cccc21. The van der Waals surface area contributed by atoms with Crippen LogP contribution in [0.3, 0.4) is 0 Å². The van der Waals surface area contributed by atoms with E-state index in [4.69, 9.17) is 14.4 Å². The van der Waals surface area contributed by atoms with Crippen molar-refractivity contribution in [3.8, 4) is 89.5 Å². The molecule has 0 fully saturated rings. The largest absolute Gasteiger partial charge is 0.455 e. The molecule has 302 valence electrons. The molecule has 0 spiro atoms. The van der Waals surface area contributed by atoms with E-state index in [1.807, 2.05) is 18.2 Å². The van der Waals surface area contributed by atoms with Gasteiger partial charge in [0.2, 0.25) is 0 Å². The Balaban J connectivity index is 1.11. The smallest absolute Gasteiger partial charge is 0.160 e. The maximum Gasteiger partial charge on any atom is 0.160 e. The Labute approximate surface area is 373 Å². The number of hydrogen-bond donors (Lipinski definition) is 0. The average molecular weight is 819 g/mol. The van der Waals surface area contributed by atoms with Crippen molar-refractivity contribution in [1.29, 1.82) is 0 Å². The summed E-state index contributed by atoms with van der Waals surface area (Å²) in [7, 11) is 0. The van der Waals surface area contributed by atoms with E-state index in [1.54, 1.807) is 0 Å². The van der Waals surface area contributed by atoms with Crippen LogP contribution in [-0.4, -0.2) is 9.97 Å². The molecule has 1 aliphatic rings. The van der Waals surface area contributed by atoms with Gasteiger partial charge < -0.3 is 4.42 Å². The summed E-state index contributed by atoms with van der Waals surface area (Å²) in [6.45, 7) is 4.68. The monoisotopic (exact) mass is 818 g/mol. The van der Waals surface area contributed by atoms with E-state index in [2.05, 4.69) is 214 Å². The molecule has 1 aliphatic carbocycles. The van der Waals surface area contributed by atoms with E-state index in [-0.39, 0.29) is 5.41 Å². The molecule has 12 rings (SSSR count). The van der Waals surface area contributed by atoms with Gasteiger partial charge in [0.05, 0.1) is 11.4 Å². The highest BCUT2D eigenvalue weighted by Gasteiger charge is 2.37. The van der Waals surface area contributed by atoms with Gasteiger partial charge in [-0.1, -0.05) is 202 Å². The highest BCUT2D eigenvalue weighted by atomic mass is 16.3. The summed E-state index contributed by atoms with van der Waals surface area (Å²) in [5, 5.41) is 2.20. The lowest BCUT2D eigenvalue weighted by molar-refractivity contribution is 0.660. The van der Waals surface area contributed by atoms with Crippen LogP contribution in [-0.2, 0) is 5.41 Å². The van der Waals surface area contributed by atoms with Gasteiger partial charge in [0.15, 0.2) is 5.82 Å². The maximum atomic E-state index is 6.67. The molecule has 2 aromatic heterocycles. The first-order valence-corrected chi connectivity index (χ1v) is 22.0. The zero-order valence-corrected chi connectivity index (χ0v) is 35.6. The number of nitrogens with zero attached hydrogens (tertiary/aromatic N) is 2. The number of hydrogen-bond acceptors (Lipinski definition) is 3. The van der Waals surface area contributed by atoms with Gasteiger partial charge in [0.1, 0.15) is 11.2 Å². The molecule has 3 nitrogen and oxygen atoms in total. The normalized spacial score (nSPS) is 12.7. The quantitative estimate of drug-likeness (QED) is 0.161. The van der Waals surface area contributed by atoms with E-state index in [0.717, 1.165) is 89.0 Å². The Bertz CT molecular complexity index is 3580. The first-order chi connectivity index (χ1) is 31.5. The third-order valence-electron chi connectivity index (χ3n) is 13.1. The van der Waals surface area contributed by atoms with E-state index in [9.17, 15) is 0 Å². The summed E-state index contributed by atoms with van der Waals surface area (Å²) in [6, 6.07) is 77.8. The molecular weight excluding hydrogens is 777 g/mol. The zero-order chi connectivity index (χ0) is 42.8. The third-order valence-corrected chi connectivity index (χ3v) is 13.1. The predicted molar refractivity (Wildman–Crippen MR) is 265 cm³/mol. The van der Waals surface area contributed by atoms with E-state index in [1.165, 1.54) is 27.8 Å². The number of para-hydroxylation sites is 2. The summed E-state index contributed by atoms with van der Waals surface area (Å²) in [5.41, 5.74) is 20.5. The second kappa shape index (κ2) is 15.0. The van der Waals surface area contributed by atoms with Crippen LogP contribution in [0.4, 0.5) is 0 Å². The van der Waals surface area contributed by atoms with Crippen LogP contribution in [0, 0.1) is 0 Å². The summed E-state index contributed by atoms with van der Waals surface area (Å²) in [4.78, 5) is 10.8. The van der Waals surface area contributed by atoms with Gasteiger partial charge in [-0.25, -0.2) is 9.97 Å². The third kappa shape index (κ3) is 6.20. The molecule has 0 atom stereocenters. The summed E-state index contributed by atoms with van der Waals surface area (Å²) < 4.78 is 6.67. The number of fused-ring (bicyclic) bond motifs is 6. The van der Waals surface area contributed by atoms with Crippen LogP contribution >= 0.6 is 0 Å². The zero-order valence-electron chi connectivity index (χ0n) is 35.6. The van der Waals surface area contributed by atoms with Crippen molar-refractivity contribution in [2.45, 2.75) is 19.3 Å². The fourth-order valence-corrected chi connectivity index (χ4v) is 10.0. The van der Waals surface area contributed by atoms with Crippen LogP contribution in [0.25, 0.3) is 111 Å². The minimum absolute atomic E-state index is 0.117. The lowest BCUT2D eigenvalue weighted by Gasteiger charge is -2.22. The van der Waals surface area contributed by atoms with Crippen LogP contribution in [0.2, 0.25) is 0 Å². The van der Waals surface area contributed by atoms with Gasteiger partial charge in [-0.05, 0) is 91.5 Å². The van der Waals surface area contributed by atoms with Gasteiger partial charge in [-0.3, -0.25) is 0 Å². The van der Waals surface area contributed by atoms with Crippen molar-refractivity contribution < 1.29 is 4.42 Å². The van der Waals surface area contributed by atoms with Crippen molar-refractivity contribution in [2.75, 3.05) is 0 Å². The van der Waals surface area contributed by atoms with Crippen LogP contribution < -0.4 is 0 Å². The average Bonchev–Trinajstić information content (AvgIpc) is 3.86. The fraction of sp³-hybridized carbons (Fsp3) is 0.0492. The molecule has 0 amide bonds. The maximum absolute atomic E-state index is 6.67. The Morgan fingerprint density at radius 3 is 1.64 bits per heavy atom. The van der Waals surface area contributed by atoms with Crippen molar-refractivity contribution in [1.82, 2.24) is 9.97 Å². The molecule has 0 saturated heterocycles. The second-order valence-corrected chi connectivity index (χ2v) is 17.3. The highest BCUT2D eigenvalue weighted by Crippen LogP contribution is 2.53. The van der Waals surface area contributed by atoms with Crippen molar-refractivity contribution in [3.63, 3.8) is 0 Å². The fourth-order valence-electron chi connectivity index (χ4n) is 10.0.